The molecule has 1 aliphatic heterocycles. The Kier molecular flexibility index (Phi) is 7.17. The molecular weight excluding hydrogens is 420 g/mol. The molecule has 0 aliphatic carbocycles. The highest BCUT2D eigenvalue weighted by atomic mass is 16.6. The number of H-pyrrole nitrogens is 1. The number of imidazole rings is 1. The molecule has 0 bridgehead atoms. The Hall–Kier alpha value is -2.87. The van der Waals surface area contributed by atoms with E-state index in [9.17, 15) is 14.7 Å². The Labute approximate surface area is 195 Å². The second-order valence-electron chi connectivity index (χ2n) is 10.8. The Morgan fingerprint density at radius 3 is 2.48 bits per heavy atom. The van der Waals surface area contributed by atoms with Crippen molar-refractivity contribution in [1.29, 1.82) is 0 Å². The Morgan fingerprint density at radius 1 is 1.21 bits per heavy atom. The fourth-order valence-corrected chi connectivity index (χ4v) is 4.01. The van der Waals surface area contributed by atoms with Gasteiger partial charge in [-0.3, -0.25) is 4.79 Å². The van der Waals surface area contributed by atoms with Crippen LogP contribution < -0.4 is 5.32 Å². The summed E-state index contributed by atoms with van der Waals surface area (Å²) >= 11 is 0. The van der Waals surface area contributed by atoms with Crippen LogP contribution in [0.1, 0.15) is 71.1 Å². The third kappa shape index (κ3) is 6.57. The molecule has 2 amide bonds. The van der Waals surface area contributed by atoms with Gasteiger partial charge < -0.3 is 25.0 Å². The highest BCUT2D eigenvalue weighted by Crippen LogP contribution is 2.33. The summed E-state index contributed by atoms with van der Waals surface area (Å²) in [7, 11) is 0. The maximum Gasteiger partial charge on any atom is 0.408 e. The Balaban J connectivity index is 1.79. The van der Waals surface area contributed by atoms with Gasteiger partial charge in [-0.2, -0.15) is 0 Å². The van der Waals surface area contributed by atoms with E-state index in [4.69, 9.17) is 4.74 Å². The molecule has 1 saturated heterocycles. The third-order valence-electron chi connectivity index (χ3n) is 5.54. The summed E-state index contributed by atoms with van der Waals surface area (Å²) in [5.74, 6) is 0.367. The summed E-state index contributed by atoms with van der Waals surface area (Å²) in [6.45, 7) is 11.2. The van der Waals surface area contributed by atoms with Gasteiger partial charge in [0.15, 0.2) is 0 Å². The third-order valence-corrected chi connectivity index (χ3v) is 5.54. The van der Waals surface area contributed by atoms with Gasteiger partial charge in [0.05, 0.1) is 12.1 Å². The number of aromatic nitrogens is 2. The number of likely N-dealkylation sites (tertiary alicyclic amines) is 1. The normalized spacial score (nSPS) is 19.9. The van der Waals surface area contributed by atoms with Crippen LogP contribution in [-0.4, -0.2) is 56.3 Å². The lowest BCUT2D eigenvalue weighted by Crippen LogP contribution is -2.55. The first-order valence-electron chi connectivity index (χ1n) is 11.4. The van der Waals surface area contributed by atoms with Gasteiger partial charge in [-0.05, 0) is 31.7 Å². The van der Waals surface area contributed by atoms with E-state index in [1.165, 1.54) is 0 Å². The number of β-amino-alcohol motifs (C(OH)–C–C–N with tert-alkyl or cyclic N) is 1. The van der Waals surface area contributed by atoms with Crippen molar-refractivity contribution < 1.29 is 19.4 Å². The molecule has 8 heteroatoms. The molecule has 0 saturated carbocycles. The molecule has 3 atom stereocenters. The zero-order valence-corrected chi connectivity index (χ0v) is 20.4. The maximum absolute atomic E-state index is 13.6. The summed E-state index contributed by atoms with van der Waals surface area (Å²) < 4.78 is 5.38. The van der Waals surface area contributed by atoms with Gasteiger partial charge in [-0.1, -0.05) is 51.1 Å². The molecule has 1 unspecified atom stereocenters. The summed E-state index contributed by atoms with van der Waals surface area (Å²) in [6.07, 6.45) is 1.55. The highest BCUT2D eigenvalue weighted by Gasteiger charge is 2.43. The van der Waals surface area contributed by atoms with E-state index in [0.717, 1.165) is 11.3 Å². The first-order chi connectivity index (χ1) is 15.3. The summed E-state index contributed by atoms with van der Waals surface area (Å²) in [5.41, 5.74) is 0.851. The molecule has 3 rings (SSSR count). The van der Waals surface area contributed by atoms with E-state index in [0.29, 0.717) is 18.7 Å². The number of aliphatic hydroxyl groups excluding tert-OH is 1. The van der Waals surface area contributed by atoms with Crippen molar-refractivity contribution in [2.75, 3.05) is 6.54 Å². The van der Waals surface area contributed by atoms with Crippen molar-refractivity contribution in [2.24, 2.45) is 5.41 Å². The van der Waals surface area contributed by atoms with Crippen molar-refractivity contribution in [2.45, 2.75) is 78.2 Å². The van der Waals surface area contributed by atoms with Crippen molar-refractivity contribution in [1.82, 2.24) is 20.2 Å². The van der Waals surface area contributed by atoms with Crippen LogP contribution in [0, 0.1) is 5.41 Å². The molecule has 180 valence electrons. The topological polar surface area (TPSA) is 108 Å². The van der Waals surface area contributed by atoms with E-state index in [2.05, 4.69) is 15.3 Å². The Bertz CT molecular complexity index is 959. The average molecular weight is 457 g/mol. The summed E-state index contributed by atoms with van der Waals surface area (Å²) in [5, 5.41) is 13.1. The van der Waals surface area contributed by atoms with Crippen LogP contribution in [0.5, 0.6) is 0 Å². The molecule has 2 heterocycles. The number of carbonyl (C=O) groups is 2. The predicted octanol–water partition coefficient (Wildman–Crippen LogP) is 3.57. The number of benzene rings is 1. The number of rotatable bonds is 5. The fraction of sp³-hybridized carbons (Fsp3) is 0.560. The zero-order valence-electron chi connectivity index (χ0n) is 20.4. The second kappa shape index (κ2) is 9.55. The van der Waals surface area contributed by atoms with E-state index in [1.807, 2.05) is 51.1 Å². The number of alkyl carbamates (subject to hydrolysis) is 1. The summed E-state index contributed by atoms with van der Waals surface area (Å²) in [6, 6.07) is 8.83. The largest absolute Gasteiger partial charge is 0.444 e. The van der Waals surface area contributed by atoms with Gasteiger partial charge in [0.2, 0.25) is 5.91 Å². The van der Waals surface area contributed by atoms with E-state index in [-0.39, 0.29) is 12.5 Å². The van der Waals surface area contributed by atoms with Crippen molar-refractivity contribution >= 4 is 12.0 Å². The quantitative estimate of drug-likeness (QED) is 0.638. The molecule has 1 aromatic carbocycles. The zero-order chi connectivity index (χ0) is 24.4. The molecule has 1 fully saturated rings. The number of aliphatic hydroxyl groups is 1. The maximum atomic E-state index is 13.6. The van der Waals surface area contributed by atoms with Gasteiger partial charge in [0, 0.05) is 31.3 Å². The fourth-order valence-electron chi connectivity index (χ4n) is 4.01. The van der Waals surface area contributed by atoms with Crippen LogP contribution in [0.25, 0.3) is 0 Å². The van der Waals surface area contributed by atoms with Crippen LogP contribution in [0.3, 0.4) is 0 Å². The minimum atomic E-state index is -0.820. The van der Waals surface area contributed by atoms with Gasteiger partial charge >= 0.3 is 6.09 Å². The van der Waals surface area contributed by atoms with E-state index in [1.54, 1.807) is 31.9 Å². The first kappa shape index (κ1) is 24.8. The van der Waals surface area contributed by atoms with Gasteiger partial charge in [0.25, 0.3) is 0 Å². The molecule has 3 N–H and O–H groups in total. The average Bonchev–Trinajstić information content (AvgIpc) is 3.30. The predicted molar refractivity (Wildman–Crippen MR) is 126 cm³/mol. The number of hydrogen-bond acceptors (Lipinski definition) is 5. The van der Waals surface area contributed by atoms with Crippen LogP contribution in [0.4, 0.5) is 4.79 Å². The lowest BCUT2D eigenvalue weighted by atomic mass is 9.85. The van der Waals surface area contributed by atoms with Gasteiger partial charge in [0.1, 0.15) is 17.5 Å². The number of hydrogen-bond donors (Lipinski definition) is 3. The van der Waals surface area contributed by atoms with Gasteiger partial charge in [-0.25, -0.2) is 9.78 Å². The van der Waals surface area contributed by atoms with Crippen LogP contribution in [0.15, 0.2) is 36.5 Å². The van der Waals surface area contributed by atoms with Crippen LogP contribution in [-0.2, 0) is 16.0 Å². The van der Waals surface area contributed by atoms with Gasteiger partial charge in [-0.15, -0.1) is 0 Å². The lowest BCUT2D eigenvalue weighted by molar-refractivity contribution is -0.137. The van der Waals surface area contributed by atoms with E-state index >= 15 is 0 Å². The van der Waals surface area contributed by atoms with E-state index < -0.39 is 35.3 Å². The van der Waals surface area contributed by atoms with Crippen molar-refractivity contribution in [3.8, 4) is 0 Å². The van der Waals surface area contributed by atoms with Crippen molar-refractivity contribution in [3.05, 3.63) is 53.6 Å². The number of carbonyl (C=O) groups excluding carboxylic acids is 2. The highest BCUT2D eigenvalue weighted by molar-refractivity contribution is 5.87. The molecule has 0 spiro atoms. The molecular formula is C25H36N4O4. The molecule has 2 aromatic rings. The minimum Gasteiger partial charge on any atom is -0.444 e. The van der Waals surface area contributed by atoms with Crippen LogP contribution >= 0.6 is 0 Å². The smallest absolute Gasteiger partial charge is 0.408 e. The number of nitrogens with zero attached hydrogens (tertiary/aromatic N) is 2. The molecule has 1 aromatic heterocycles. The number of nitrogens with one attached hydrogen (secondary N) is 2. The second-order valence-corrected chi connectivity index (χ2v) is 10.8. The molecule has 33 heavy (non-hydrogen) atoms. The number of amides is 2. The lowest BCUT2D eigenvalue weighted by Gasteiger charge is -2.35. The monoisotopic (exact) mass is 456 g/mol. The first-order valence-corrected chi connectivity index (χ1v) is 11.4. The number of aromatic amines is 1. The summed E-state index contributed by atoms with van der Waals surface area (Å²) in [4.78, 5) is 35.5. The van der Waals surface area contributed by atoms with Crippen LogP contribution in [0.2, 0.25) is 0 Å². The minimum absolute atomic E-state index is 0.181. The Morgan fingerprint density at radius 2 is 1.88 bits per heavy atom. The SMILES string of the molecule is CC(C)(C)OC(=O)NC(C(=O)N1C[C@H](O)C[C@H]1c1ncc(Cc2ccccc2)[nH]1)C(C)(C)C. The molecule has 1 aliphatic rings. The number of ether oxygens (including phenoxy) is 1. The van der Waals surface area contributed by atoms with Crippen molar-refractivity contribution in [3.63, 3.8) is 0 Å². The standard InChI is InChI=1S/C25H36N4O4/c1-24(2,3)20(28-23(32)33-25(4,5)6)22(31)29-15-18(30)13-19(29)21-26-14-17(27-21)12-16-10-8-7-9-11-16/h7-11,14,18-20,30H,12-13,15H2,1-6H3,(H,26,27)(H,28,32)/t18-,19+,20?/m1/s1. The molecule has 0 radical (unpaired) electrons. The molecule has 8 nitrogen and oxygen atoms in total.